The molecule has 2 aromatic rings. The number of nitrogens with zero attached hydrogens (tertiary/aromatic N) is 2. The summed E-state index contributed by atoms with van der Waals surface area (Å²) in [4.78, 5) is 18.9. The van der Waals surface area contributed by atoms with E-state index in [9.17, 15) is 4.79 Å². The Bertz CT molecular complexity index is 624. The molecule has 0 bridgehead atoms. The fourth-order valence-corrected chi connectivity index (χ4v) is 3.61. The van der Waals surface area contributed by atoms with E-state index in [1.54, 1.807) is 11.3 Å². The molecular formula is C15H19N3OS. The molecule has 3 rings (SSSR count). The van der Waals surface area contributed by atoms with Crippen LogP contribution in [0.25, 0.3) is 10.2 Å². The molecule has 1 amide bonds. The first-order chi connectivity index (χ1) is 9.69. The predicted octanol–water partition coefficient (Wildman–Crippen LogP) is 2.50. The quantitative estimate of drug-likeness (QED) is 0.924. The topological polar surface area (TPSA) is 59.2 Å². The molecule has 106 valence electrons. The lowest BCUT2D eigenvalue weighted by atomic mass is 9.92. The highest BCUT2D eigenvalue weighted by Crippen LogP contribution is 2.25. The zero-order chi connectivity index (χ0) is 14.1. The Morgan fingerprint density at radius 2 is 2.40 bits per heavy atom. The van der Waals surface area contributed by atoms with Crippen LogP contribution in [-0.4, -0.2) is 34.9 Å². The van der Waals surface area contributed by atoms with E-state index in [0.717, 1.165) is 35.2 Å². The Labute approximate surface area is 122 Å². The van der Waals surface area contributed by atoms with E-state index in [-0.39, 0.29) is 11.9 Å². The van der Waals surface area contributed by atoms with Gasteiger partial charge in [0.05, 0.1) is 15.7 Å². The molecule has 0 radical (unpaired) electrons. The summed E-state index contributed by atoms with van der Waals surface area (Å²) in [5, 5.41) is 0. The van der Waals surface area contributed by atoms with Crippen LogP contribution in [0.4, 0.5) is 0 Å². The van der Waals surface area contributed by atoms with E-state index < -0.39 is 0 Å². The highest BCUT2D eigenvalue weighted by Gasteiger charge is 2.29. The number of thiazole rings is 1. The summed E-state index contributed by atoms with van der Waals surface area (Å²) < 4.78 is 1.06. The van der Waals surface area contributed by atoms with Gasteiger partial charge in [0.2, 0.25) is 0 Å². The number of hydrogen-bond acceptors (Lipinski definition) is 4. The lowest BCUT2D eigenvalue weighted by molar-refractivity contribution is 0.0574. The molecule has 1 fully saturated rings. The minimum Gasteiger partial charge on any atom is -0.334 e. The fourth-order valence-electron chi connectivity index (χ4n) is 2.90. The largest absolute Gasteiger partial charge is 0.334 e. The van der Waals surface area contributed by atoms with Gasteiger partial charge in [-0.05, 0) is 37.0 Å². The number of likely N-dealkylation sites (tertiary alicyclic amines) is 1. The van der Waals surface area contributed by atoms with Crippen LogP contribution in [0.5, 0.6) is 0 Å². The van der Waals surface area contributed by atoms with Gasteiger partial charge < -0.3 is 10.6 Å². The highest BCUT2D eigenvalue weighted by atomic mass is 32.1. The van der Waals surface area contributed by atoms with Gasteiger partial charge in [0, 0.05) is 24.7 Å². The third-order valence-electron chi connectivity index (χ3n) is 4.09. The summed E-state index contributed by atoms with van der Waals surface area (Å²) in [6.45, 7) is 3.58. The number of rotatable bonds is 2. The third-order valence-corrected chi connectivity index (χ3v) is 4.88. The van der Waals surface area contributed by atoms with Gasteiger partial charge in [-0.1, -0.05) is 6.92 Å². The number of aromatic nitrogens is 1. The molecule has 0 saturated carbocycles. The summed E-state index contributed by atoms with van der Waals surface area (Å²) in [7, 11) is 0. The van der Waals surface area contributed by atoms with Gasteiger partial charge in [0.15, 0.2) is 0 Å². The van der Waals surface area contributed by atoms with Gasteiger partial charge in [-0.25, -0.2) is 4.98 Å². The van der Waals surface area contributed by atoms with E-state index in [4.69, 9.17) is 5.73 Å². The number of piperidine rings is 1. The van der Waals surface area contributed by atoms with Gasteiger partial charge in [-0.2, -0.15) is 0 Å². The molecule has 4 nitrogen and oxygen atoms in total. The van der Waals surface area contributed by atoms with Crippen molar-refractivity contribution in [1.29, 1.82) is 0 Å². The smallest absolute Gasteiger partial charge is 0.254 e. The van der Waals surface area contributed by atoms with Crippen LogP contribution in [0.3, 0.4) is 0 Å². The van der Waals surface area contributed by atoms with Crippen molar-refractivity contribution in [1.82, 2.24) is 9.88 Å². The number of carbonyl (C=O) groups excluding carboxylic acids is 1. The van der Waals surface area contributed by atoms with Crippen molar-refractivity contribution in [3.05, 3.63) is 29.3 Å². The van der Waals surface area contributed by atoms with Crippen molar-refractivity contribution in [2.45, 2.75) is 25.8 Å². The molecule has 20 heavy (non-hydrogen) atoms. The summed E-state index contributed by atoms with van der Waals surface area (Å²) in [6.07, 6.45) is 2.07. The second-order valence-corrected chi connectivity index (χ2v) is 6.44. The average molecular weight is 289 g/mol. The molecule has 0 spiro atoms. The average Bonchev–Trinajstić information content (AvgIpc) is 2.93. The van der Waals surface area contributed by atoms with E-state index >= 15 is 0 Å². The van der Waals surface area contributed by atoms with Crippen molar-refractivity contribution in [3.8, 4) is 0 Å². The second-order valence-electron chi connectivity index (χ2n) is 5.55. The summed E-state index contributed by atoms with van der Waals surface area (Å²) >= 11 is 1.57. The van der Waals surface area contributed by atoms with Gasteiger partial charge in [0.1, 0.15) is 0 Å². The number of amides is 1. The van der Waals surface area contributed by atoms with Crippen LogP contribution < -0.4 is 5.73 Å². The minimum atomic E-state index is 0.0997. The Balaban J connectivity index is 1.86. The number of hydrogen-bond donors (Lipinski definition) is 1. The van der Waals surface area contributed by atoms with Crippen molar-refractivity contribution in [2.24, 2.45) is 11.7 Å². The number of nitrogens with two attached hydrogens (primary N) is 1. The molecular weight excluding hydrogens is 270 g/mol. The van der Waals surface area contributed by atoms with Crippen molar-refractivity contribution < 1.29 is 4.79 Å². The number of benzene rings is 1. The maximum atomic E-state index is 12.7. The highest BCUT2D eigenvalue weighted by molar-refractivity contribution is 7.16. The van der Waals surface area contributed by atoms with E-state index in [0.29, 0.717) is 12.5 Å². The lowest BCUT2D eigenvalue weighted by Crippen LogP contribution is -2.49. The van der Waals surface area contributed by atoms with Crippen LogP contribution in [0.15, 0.2) is 23.7 Å². The summed E-state index contributed by atoms with van der Waals surface area (Å²) in [5.41, 5.74) is 9.35. The summed E-state index contributed by atoms with van der Waals surface area (Å²) in [6, 6.07) is 5.91. The molecule has 1 aliphatic rings. The Kier molecular flexibility index (Phi) is 3.72. The first kappa shape index (κ1) is 13.5. The van der Waals surface area contributed by atoms with Gasteiger partial charge in [0.25, 0.3) is 5.91 Å². The van der Waals surface area contributed by atoms with Crippen molar-refractivity contribution in [2.75, 3.05) is 13.1 Å². The van der Waals surface area contributed by atoms with Crippen molar-refractivity contribution >= 4 is 27.5 Å². The van der Waals surface area contributed by atoms with E-state index in [1.807, 2.05) is 28.6 Å². The van der Waals surface area contributed by atoms with E-state index in [2.05, 4.69) is 11.9 Å². The molecule has 1 aliphatic heterocycles. The molecule has 2 heterocycles. The SMILES string of the molecule is CC1CCN(C(=O)c2ccc3ncsc3c2)C(CN)C1. The molecule has 0 aliphatic carbocycles. The van der Waals surface area contributed by atoms with Gasteiger partial charge in [-0.3, -0.25) is 4.79 Å². The maximum Gasteiger partial charge on any atom is 0.254 e. The number of carbonyl (C=O) groups is 1. The van der Waals surface area contributed by atoms with Gasteiger partial charge >= 0.3 is 0 Å². The number of fused-ring (bicyclic) bond motifs is 1. The molecule has 1 aromatic heterocycles. The molecule has 2 unspecified atom stereocenters. The zero-order valence-electron chi connectivity index (χ0n) is 11.6. The van der Waals surface area contributed by atoms with E-state index in [1.165, 1.54) is 0 Å². The lowest BCUT2D eigenvalue weighted by Gasteiger charge is -2.38. The molecule has 1 saturated heterocycles. The van der Waals surface area contributed by atoms with Crippen LogP contribution in [0, 0.1) is 5.92 Å². The molecule has 5 heteroatoms. The Morgan fingerprint density at radius 3 is 3.20 bits per heavy atom. The monoisotopic (exact) mass is 289 g/mol. The third kappa shape index (κ3) is 2.43. The first-order valence-corrected chi connectivity index (χ1v) is 7.91. The molecule has 2 atom stereocenters. The summed E-state index contributed by atoms with van der Waals surface area (Å²) in [5.74, 6) is 0.749. The molecule has 2 N–H and O–H groups in total. The first-order valence-electron chi connectivity index (χ1n) is 7.03. The van der Waals surface area contributed by atoms with Crippen molar-refractivity contribution in [3.63, 3.8) is 0 Å². The van der Waals surface area contributed by atoms with Gasteiger partial charge in [-0.15, -0.1) is 11.3 Å². The van der Waals surface area contributed by atoms with Crippen LogP contribution in [0.1, 0.15) is 30.1 Å². The second kappa shape index (κ2) is 5.50. The van der Waals surface area contributed by atoms with Crippen LogP contribution in [-0.2, 0) is 0 Å². The van der Waals surface area contributed by atoms with Crippen LogP contribution in [0.2, 0.25) is 0 Å². The normalized spacial score (nSPS) is 23.2. The fraction of sp³-hybridized carbons (Fsp3) is 0.467. The molecule has 1 aromatic carbocycles. The zero-order valence-corrected chi connectivity index (χ0v) is 12.4. The Morgan fingerprint density at radius 1 is 1.55 bits per heavy atom. The van der Waals surface area contributed by atoms with Crippen LogP contribution >= 0.6 is 11.3 Å². The predicted molar refractivity (Wildman–Crippen MR) is 81.9 cm³/mol. The maximum absolute atomic E-state index is 12.7. The minimum absolute atomic E-state index is 0.0997. The standard InChI is InChI=1S/C15H19N3OS/c1-10-4-5-18(12(6-10)8-16)15(19)11-2-3-13-14(7-11)20-9-17-13/h2-3,7,9-10,12H,4-6,8,16H2,1H3. The Hall–Kier alpha value is -1.46.